The first kappa shape index (κ1) is 135. The third-order valence-corrected chi connectivity index (χ3v) is 17.9. The molecule has 0 aliphatic heterocycles. The number of ketones is 5. The highest BCUT2D eigenvalue weighted by atomic mass is 32.1. The molecule has 0 atom stereocenters. The quantitative estimate of drug-likeness (QED) is 0.00911. The molecule has 119 heavy (non-hydrogen) atoms. The minimum Gasteiger partial charge on any atom is -0.481 e. The summed E-state index contributed by atoms with van der Waals surface area (Å²) in [4.78, 5) is 123. The van der Waals surface area contributed by atoms with Gasteiger partial charge in [-0.25, -0.2) is 4.79 Å². The van der Waals surface area contributed by atoms with Gasteiger partial charge in [-0.05, 0) is 87.2 Å². The number of hydrogen-bond acceptors (Lipinski definition) is 19. The van der Waals surface area contributed by atoms with Crippen LogP contribution in [-0.2, 0) is 52.7 Å². The van der Waals surface area contributed by atoms with Crippen molar-refractivity contribution in [2.45, 2.75) is 234 Å². The summed E-state index contributed by atoms with van der Waals surface area (Å²) in [6, 6.07) is 0. The number of aliphatic carboxylic acids is 3. The van der Waals surface area contributed by atoms with Crippen molar-refractivity contribution in [3.63, 3.8) is 0 Å². The van der Waals surface area contributed by atoms with Crippen molar-refractivity contribution in [1.82, 2.24) is 14.2 Å². The summed E-state index contributed by atoms with van der Waals surface area (Å²) in [6.45, 7) is 41.0. The maximum Gasteiger partial charge on any atom is 0.452 e. The maximum absolute atomic E-state index is 12.5. The van der Waals surface area contributed by atoms with E-state index in [0.717, 1.165) is 40.7 Å². The minimum atomic E-state index is -5.30. The lowest BCUT2D eigenvalue weighted by Crippen LogP contribution is -2.54. The molecule has 0 heterocycles. The fourth-order valence-electron chi connectivity index (χ4n) is 6.47. The van der Waals surface area contributed by atoms with E-state index in [1.807, 2.05) is 55.9 Å². The van der Waals surface area contributed by atoms with Crippen LogP contribution in [0.5, 0.6) is 0 Å². The molecule has 0 aromatic rings. The maximum atomic E-state index is 12.5. The highest BCUT2D eigenvalue weighted by molar-refractivity contribution is 7.79. The van der Waals surface area contributed by atoms with Gasteiger partial charge in [-0.3, -0.25) is 53.7 Å². The Morgan fingerprint density at radius 3 is 0.840 bits per heavy atom. The molecule has 0 aliphatic carbocycles. The van der Waals surface area contributed by atoms with Crippen LogP contribution in [0.2, 0.25) is 0 Å². The third-order valence-electron chi connectivity index (χ3n) is 17.2. The molecule has 12 N–H and O–H groups in total. The second kappa shape index (κ2) is 57.3. The average molecular weight is 1780 g/mol. The fraction of sp³-hybridized carbons (Fsp3) is 0.640. The number of Topliss-reactive ketones (excluding diaryl/α,β-unsaturated/α-hetero) is 5. The van der Waals surface area contributed by atoms with Crippen molar-refractivity contribution >= 4 is 103 Å². The standard InChI is InChI=1S/C12H13F3O.C11H10F3NO2S.C11H9F3O3.C10H17F3O.C9H19N3.C6H5NO2.C4H4F3NO2S.C4H9NO2.C2H4N4OS.C2H7N.2C2H6/c1-6-10(4,5)11(7-2,8-3)9(16)12(13,14)15;1-5-10(6-2,7(16)11(12,13)14)9(3,4)8(17)15-18;1-5-10(6-2,7(15)11(12,13)14)9(3,4)8(16)17;1-6-8(2,3)9(4,5)7(14)10(11,12)13;1-6-8(2,3)9(4,5)7-11-12-10;1-3-6(7,4-2)5(8)9;5-4(6,7)2(9)1-3(10)8-11;1-4(2,5)3(6)7;3-6-4-1-2(7)5-8;1-2-3;2*1-2/h2-3H,6H2,1,4-5H3;1-2,18H,3-4H3,(H,15,17);1-2H,3-4H3,(H,16,17);6H2,1-5H3;6-7H2,1-5H3;1-2H,7H2,(H,8,9);11H,1H2,(H,8,10);5H2,1-2H3,(H,6,7);8H,1H2,(H,5,7);2-3H2,1H3;2*1-2H3. The lowest BCUT2D eigenvalue weighted by atomic mass is 9.62. The second-order valence-corrected chi connectivity index (χ2v) is 28.1. The number of rotatable bonds is 22. The van der Waals surface area contributed by atoms with Gasteiger partial charge in [0.2, 0.25) is 34.8 Å². The number of carbonyl (C=O) groups is 11. The molecule has 0 aromatic heterocycles. The molecular weight excluding hydrogens is 1670 g/mol. The molecule has 0 bridgehead atoms. The van der Waals surface area contributed by atoms with Crippen molar-refractivity contribution in [3.05, 3.63) is 20.9 Å². The van der Waals surface area contributed by atoms with Crippen molar-refractivity contribution in [2.75, 3.05) is 19.6 Å². The van der Waals surface area contributed by atoms with Gasteiger partial charge in [0.15, 0.2) is 16.2 Å². The van der Waals surface area contributed by atoms with Crippen LogP contribution < -0.4 is 31.4 Å². The number of hydrogen-bond donors (Lipinski definition) is 12. The highest BCUT2D eigenvalue weighted by Crippen LogP contribution is 2.49. The molecule has 0 aliphatic rings. The first-order valence-electron chi connectivity index (χ1n) is 33.7. The van der Waals surface area contributed by atoms with Gasteiger partial charge in [0, 0.05) is 21.8 Å². The topological polar surface area (TPSA) is 460 Å². The number of alkyl halides is 15. The van der Waals surface area contributed by atoms with Crippen molar-refractivity contribution in [2.24, 2.45) is 81.6 Å². The monoisotopic (exact) mass is 1780 g/mol. The number of carboxylic acids is 3. The van der Waals surface area contributed by atoms with Crippen LogP contribution >= 0.6 is 38.4 Å². The Labute approximate surface area is 702 Å². The van der Waals surface area contributed by atoms with Crippen molar-refractivity contribution in [3.8, 4) is 98.8 Å². The minimum absolute atomic E-state index is 0.0774. The number of carbonyl (C=O) groups excluding carboxylic acids is 8. The van der Waals surface area contributed by atoms with E-state index in [0.29, 0.717) is 13.0 Å². The Bertz CT molecular complexity index is 3740. The number of terminal acetylenes is 8. The number of amides is 3. The zero-order valence-corrected chi connectivity index (χ0v) is 73.0. The predicted octanol–water partition coefficient (Wildman–Crippen LogP) is 14.6. The van der Waals surface area contributed by atoms with Gasteiger partial charge in [-0.2, -0.15) is 65.9 Å². The lowest BCUT2D eigenvalue weighted by molar-refractivity contribution is -0.186. The Morgan fingerprint density at radius 2 is 0.655 bits per heavy atom. The van der Waals surface area contributed by atoms with Crippen LogP contribution in [0.25, 0.3) is 20.9 Å². The average Bonchev–Trinajstić information content (AvgIpc) is 0.768. The van der Waals surface area contributed by atoms with Gasteiger partial charge >= 0.3 is 48.8 Å². The van der Waals surface area contributed by atoms with Crippen LogP contribution in [0, 0.1) is 153 Å². The van der Waals surface area contributed by atoms with Gasteiger partial charge in [-0.15, -0.1) is 51.4 Å². The van der Waals surface area contributed by atoms with Crippen LogP contribution in [0.15, 0.2) is 10.2 Å². The molecule has 26 nitrogen and oxygen atoms in total. The van der Waals surface area contributed by atoms with E-state index < -0.39 is 156 Å². The first-order valence-corrected chi connectivity index (χ1v) is 35.0. The fourth-order valence-corrected chi connectivity index (χ4v) is 6.89. The number of nitrogens with two attached hydrogens (primary N) is 3. The molecule has 0 unspecified atom stereocenters. The number of carboxylic acid groups (broad SMARTS) is 3. The summed E-state index contributed by atoms with van der Waals surface area (Å²) >= 11 is 10.0. The molecule has 0 rings (SSSR count). The summed E-state index contributed by atoms with van der Waals surface area (Å²) in [6.07, 6.45) is 14.7. The largest absolute Gasteiger partial charge is 0.481 e. The molecule has 0 fully saturated rings. The van der Waals surface area contributed by atoms with Crippen molar-refractivity contribution in [1.29, 1.82) is 0 Å². The summed E-state index contributed by atoms with van der Waals surface area (Å²) < 4.78 is 188. The number of nitrogens with one attached hydrogen (secondary N) is 3. The number of nitrogens with zero attached hydrogens (tertiary/aromatic N) is 6. The Hall–Kier alpha value is -9.85. The predicted molar refractivity (Wildman–Crippen MR) is 430 cm³/mol. The second-order valence-electron chi connectivity index (χ2n) is 27.4. The van der Waals surface area contributed by atoms with E-state index >= 15 is 0 Å². The molecule has 0 radical (unpaired) electrons. The van der Waals surface area contributed by atoms with E-state index in [1.54, 1.807) is 56.1 Å². The lowest BCUT2D eigenvalue weighted by Gasteiger charge is -2.40. The van der Waals surface area contributed by atoms with Crippen LogP contribution in [0.1, 0.15) is 192 Å². The van der Waals surface area contributed by atoms with Gasteiger partial charge in [0.1, 0.15) is 12.1 Å². The summed E-state index contributed by atoms with van der Waals surface area (Å²) in [5.74, 6) is -3.53. The highest BCUT2D eigenvalue weighted by Gasteiger charge is 2.64. The molecule has 3 amide bonds. The van der Waals surface area contributed by atoms with Gasteiger partial charge in [-0.1, -0.05) is 234 Å². The van der Waals surface area contributed by atoms with Gasteiger partial charge in [0.25, 0.3) is 17.3 Å². The zero-order chi connectivity index (χ0) is 99.4. The van der Waals surface area contributed by atoms with E-state index in [9.17, 15) is 119 Å². The van der Waals surface area contributed by atoms with Crippen LogP contribution in [-0.4, -0.2) is 141 Å². The third kappa shape index (κ3) is 44.7. The molecule has 44 heteroatoms. The molecule has 0 saturated carbocycles. The molecular formula is C75H109F15N12O14S3. The Balaban J connectivity index is -0.000000108. The smallest absolute Gasteiger partial charge is 0.452 e. The normalized spacial score (nSPS) is 11.4. The summed E-state index contributed by atoms with van der Waals surface area (Å²) in [5, 5.41) is 31.8. The molecule has 676 valence electrons. The van der Waals surface area contributed by atoms with Gasteiger partial charge < -0.3 is 41.0 Å². The van der Waals surface area contributed by atoms with E-state index in [4.69, 9.17) is 95.0 Å². The number of halogens is 15. The van der Waals surface area contributed by atoms with Crippen molar-refractivity contribution < 1.29 is 134 Å². The zero-order valence-electron chi connectivity index (χ0n) is 70.3. The summed E-state index contributed by atoms with van der Waals surface area (Å²) in [7, 11) is 0. The Morgan fingerprint density at radius 1 is 0.387 bits per heavy atom. The van der Waals surface area contributed by atoms with E-state index in [2.05, 4.69) is 93.1 Å². The summed E-state index contributed by atoms with van der Waals surface area (Å²) in [5.41, 5.74) is 12.9. The van der Waals surface area contributed by atoms with E-state index in [-0.39, 0.29) is 23.8 Å². The molecule has 0 spiro atoms. The molecule has 0 saturated heterocycles. The SMILES string of the molecule is C#CC(C#C)(C(=O)C(F)(F)F)C(C)(C)C(=O)NS.C#CC(C#C)(C(=O)C(F)(F)F)C(C)(C)C(=O)O.C#CC(C#C)(C(=O)C(F)(F)F)C(C)(C)CC.C#CC(N)(C#C)C(=O)O.CC.CC.CC(C)(N)C(=O)O.CCC(C)(C)C(C)(C)C(=O)C(F)(F)F.CCC(C)(C)C(C)(C)CN=[N+]=[N-].CCN.O=C(CC(=O)C(F)(F)F)NS.[N-]=[N+]=NCC(=O)NS. The Kier molecular flexibility index (Phi) is 65.2. The number of azide groups is 2. The number of thiol groups is 3. The van der Waals surface area contributed by atoms with E-state index in [1.165, 1.54) is 53.4 Å². The first-order chi connectivity index (χ1) is 53.0. The van der Waals surface area contributed by atoms with Crippen LogP contribution in [0.3, 0.4) is 0 Å². The molecule has 0 aromatic carbocycles. The van der Waals surface area contributed by atoms with Gasteiger partial charge in [0.05, 0.1) is 17.3 Å². The van der Waals surface area contributed by atoms with Crippen LogP contribution in [0.4, 0.5) is 65.9 Å².